The lowest BCUT2D eigenvalue weighted by Crippen LogP contribution is -2.50. The van der Waals surface area contributed by atoms with Gasteiger partial charge < -0.3 is 15.3 Å². The largest absolute Gasteiger partial charge is 0.481 e. The Bertz CT molecular complexity index is 312. The summed E-state index contributed by atoms with van der Waals surface area (Å²) in [5.41, 5.74) is 0. The van der Waals surface area contributed by atoms with Crippen molar-refractivity contribution >= 4 is 12.0 Å². The maximum absolute atomic E-state index is 12.3. The summed E-state index contributed by atoms with van der Waals surface area (Å²) in [4.78, 5) is 25.0. The molecule has 1 fully saturated rings. The first-order valence-electron chi connectivity index (χ1n) is 7.24. The van der Waals surface area contributed by atoms with Crippen LogP contribution in [0.5, 0.6) is 0 Å². The van der Waals surface area contributed by atoms with Crippen molar-refractivity contribution in [2.45, 2.75) is 65.0 Å². The Morgan fingerprint density at radius 1 is 1.32 bits per heavy atom. The van der Waals surface area contributed by atoms with E-state index < -0.39 is 5.97 Å². The molecule has 1 aliphatic rings. The second kappa shape index (κ2) is 7.36. The molecule has 1 aliphatic carbocycles. The van der Waals surface area contributed by atoms with Crippen molar-refractivity contribution in [3.63, 3.8) is 0 Å². The van der Waals surface area contributed by atoms with Crippen molar-refractivity contribution in [1.29, 1.82) is 0 Å². The Morgan fingerprint density at radius 3 is 2.32 bits per heavy atom. The minimum atomic E-state index is -0.872. The summed E-state index contributed by atoms with van der Waals surface area (Å²) in [6.45, 7) is 6.51. The predicted molar refractivity (Wildman–Crippen MR) is 74.0 cm³/mol. The second-order valence-corrected chi connectivity index (χ2v) is 5.62. The zero-order chi connectivity index (χ0) is 14.4. The van der Waals surface area contributed by atoms with Crippen molar-refractivity contribution in [3.05, 3.63) is 0 Å². The Balaban J connectivity index is 2.60. The number of carbonyl (C=O) groups excluding carboxylic acids is 1. The van der Waals surface area contributed by atoms with E-state index in [0.29, 0.717) is 12.6 Å². The molecule has 1 rings (SSSR count). The molecule has 5 heteroatoms. The topological polar surface area (TPSA) is 69.6 Å². The summed E-state index contributed by atoms with van der Waals surface area (Å²) in [5, 5.41) is 11.8. The van der Waals surface area contributed by atoms with Crippen LogP contribution in [0, 0.1) is 5.92 Å². The zero-order valence-corrected chi connectivity index (χ0v) is 12.2. The molecule has 0 heterocycles. The number of nitrogens with zero attached hydrogens (tertiary/aromatic N) is 1. The quantitative estimate of drug-likeness (QED) is 0.779. The van der Waals surface area contributed by atoms with E-state index in [-0.39, 0.29) is 24.4 Å². The minimum Gasteiger partial charge on any atom is -0.481 e. The van der Waals surface area contributed by atoms with Crippen LogP contribution in [0.25, 0.3) is 0 Å². The molecule has 1 atom stereocenters. The van der Waals surface area contributed by atoms with Crippen molar-refractivity contribution in [3.8, 4) is 0 Å². The van der Waals surface area contributed by atoms with Crippen LogP contribution in [0.1, 0.15) is 52.9 Å². The summed E-state index contributed by atoms with van der Waals surface area (Å²) in [6.07, 6.45) is 4.46. The van der Waals surface area contributed by atoms with Gasteiger partial charge in [0.05, 0.1) is 6.42 Å². The first kappa shape index (κ1) is 15.8. The molecular weight excluding hydrogens is 244 g/mol. The smallest absolute Gasteiger partial charge is 0.317 e. The highest BCUT2D eigenvalue weighted by molar-refractivity contribution is 5.76. The number of urea groups is 1. The van der Waals surface area contributed by atoms with Gasteiger partial charge in [-0.25, -0.2) is 4.79 Å². The molecule has 1 saturated carbocycles. The SMILES string of the molecule is CCN(C(=O)NC(CC(=O)O)C(C)C)C1CCCC1. The maximum Gasteiger partial charge on any atom is 0.317 e. The molecule has 19 heavy (non-hydrogen) atoms. The highest BCUT2D eigenvalue weighted by atomic mass is 16.4. The van der Waals surface area contributed by atoms with Gasteiger partial charge in [0.1, 0.15) is 0 Å². The number of hydrogen-bond donors (Lipinski definition) is 2. The van der Waals surface area contributed by atoms with Crippen LogP contribution in [-0.4, -0.2) is 40.6 Å². The van der Waals surface area contributed by atoms with Gasteiger partial charge >= 0.3 is 12.0 Å². The normalized spacial score (nSPS) is 17.5. The van der Waals surface area contributed by atoms with Gasteiger partial charge in [0.15, 0.2) is 0 Å². The first-order chi connectivity index (χ1) is 8.95. The van der Waals surface area contributed by atoms with Crippen molar-refractivity contribution in [2.75, 3.05) is 6.54 Å². The van der Waals surface area contributed by atoms with Crippen LogP contribution in [0.15, 0.2) is 0 Å². The fraction of sp³-hybridized carbons (Fsp3) is 0.857. The molecule has 0 aromatic carbocycles. The number of carbonyl (C=O) groups is 2. The number of amides is 2. The molecule has 2 amide bonds. The molecule has 0 saturated heterocycles. The average Bonchev–Trinajstić information content (AvgIpc) is 2.82. The standard InChI is InChI=1S/C14H26N2O3/c1-4-16(11-7-5-6-8-11)14(19)15-12(10(2)3)9-13(17)18/h10-12H,4-9H2,1-3H3,(H,15,19)(H,17,18). The number of carboxylic acid groups (broad SMARTS) is 1. The molecule has 0 spiro atoms. The van der Waals surface area contributed by atoms with Crippen molar-refractivity contribution < 1.29 is 14.7 Å². The lowest BCUT2D eigenvalue weighted by molar-refractivity contribution is -0.137. The summed E-state index contributed by atoms with van der Waals surface area (Å²) < 4.78 is 0. The molecule has 0 radical (unpaired) electrons. The van der Waals surface area contributed by atoms with Crippen LogP contribution in [-0.2, 0) is 4.79 Å². The molecule has 110 valence electrons. The van der Waals surface area contributed by atoms with E-state index in [1.165, 1.54) is 12.8 Å². The fourth-order valence-corrected chi connectivity index (χ4v) is 2.67. The Hall–Kier alpha value is -1.26. The molecule has 5 nitrogen and oxygen atoms in total. The molecule has 0 bridgehead atoms. The molecule has 2 N–H and O–H groups in total. The van der Waals surface area contributed by atoms with E-state index >= 15 is 0 Å². The van der Waals surface area contributed by atoms with E-state index in [4.69, 9.17) is 5.11 Å². The number of hydrogen-bond acceptors (Lipinski definition) is 2. The molecular formula is C14H26N2O3. The Labute approximate surface area is 115 Å². The van der Waals surface area contributed by atoms with Crippen LogP contribution >= 0.6 is 0 Å². The zero-order valence-electron chi connectivity index (χ0n) is 12.2. The average molecular weight is 270 g/mol. The lowest BCUT2D eigenvalue weighted by atomic mass is 10.0. The van der Waals surface area contributed by atoms with E-state index in [0.717, 1.165) is 12.8 Å². The molecule has 0 aromatic rings. The summed E-state index contributed by atoms with van der Waals surface area (Å²) in [7, 11) is 0. The van der Waals surface area contributed by atoms with E-state index in [9.17, 15) is 9.59 Å². The predicted octanol–water partition coefficient (Wildman–Crippen LogP) is 2.46. The highest BCUT2D eigenvalue weighted by Crippen LogP contribution is 2.23. The fourth-order valence-electron chi connectivity index (χ4n) is 2.67. The van der Waals surface area contributed by atoms with Crippen LogP contribution < -0.4 is 5.32 Å². The lowest BCUT2D eigenvalue weighted by Gasteiger charge is -2.31. The van der Waals surface area contributed by atoms with Crippen LogP contribution in [0.4, 0.5) is 4.79 Å². The van der Waals surface area contributed by atoms with Gasteiger partial charge in [-0.3, -0.25) is 4.79 Å². The van der Waals surface area contributed by atoms with E-state index in [2.05, 4.69) is 5.32 Å². The first-order valence-corrected chi connectivity index (χ1v) is 7.24. The van der Waals surface area contributed by atoms with Crippen LogP contribution in [0.2, 0.25) is 0 Å². The van der Waals surface area contributed by atoms with Gasteiger partial charge in [-0.15, -0.1) is 0 Å². The Kier molecular flexibility index (Phi) is 6.12. The number of rotatable bonds is 6. The van der Waals surface area contributed by atoms with E-state index in [1.807, 2.05) is 25.7 Å². The third kappa shape index (κ3) is 4.73. The maximum atomic E-state index is 12.3. The highest BCUT2D eigenvalue weighted by Gasteiger charge is 2.28. The molecule has 0 aromatic heterocycles. The van der Waals surface area contributed by atoms with Crippen LogP contribution in [0.3, 0.4) is 0 Å². The van der Waals surface area contributed by atoms with Gasteiger partial charge in [-0.05, 0) is 25.7 Å². The minimum absolute atomic E-state index is 0.0222. The molecule has 1 unspecified atom stereocenters. The summed E-state index contributed by atoms with van der Waals surface area (Å²) in [6, 6.07) is -0.0996. The second-order valence-electron chi connectivity index (χ2n) is 5.62. The number of carboxylic acids is 1. The van der Waals surface area contributed by atoms with Gasteiger partial charge in [-0.1, -0.05) is 26.7 Å². The Morgan fingerprint density at radius 2 is 1.89 bits per heavy atom. The monoisotopic (exact) mass is 270 g/mol. The third-order valence-corrected chi connectivity index (χ3v) is 3.88. The number of nitrogens with one attached hydrogen (secondary N) is 1. The van der Waals surface area contributed by atoms with Gasteiger partial charge in [0, 0.05) is 18.6 Å². The van der Waals surface area contributed by atoms with Crippen molar-refractivity contribution in [2.24, 2.45) is 5.92 Å². The summed E-state index contributed by atoms with van der Waals surface area (Å²) in [5.74, 6) is -0.759. The van der Waals surface area contributed by atoms with Crippen molar-refractivity contribution in [1.82, 2.24) is 10.2 Å². The van der Waals surface area contributed by atoms with Gasteiger partial charge in [-0.2, -0.15) is 0 Å². The van der Waals surface area contributed by atoms with Gasteiger partial charge in [0.2, 0.25) is 0 Å². The summed E-state index contributed by atoms with van der Waals surface area (Å²) >= 11 is 0. The van der Waals surface area contributed by atoms with E-state index in [1.54, 1.807) is 0 Å². The molecule has 0 aliphatic heterocycles. The third-order valence-electron chi connectivity index (χ3n) is 3.88. The van der Waals surface area contributed by atoms with Gasteiger partial charge in [0.25, 0.3) is 0 Å². The number of aliphatic carboxylic acids is 1.